The minimum Gasteiger partial charge on any atom is -0.462 e. The highest BCUT2D eigenvalue weighted by molar-refractivity contribution is 5.70. The summed E-state index contributed by atoms with van der Waals surface area (Å²) in [7, 11) is 0. The van der Waals surface area contributed by atoms with Crippen molar-refractivity contribution in [3.8, 4) is 0 Å². The molecule has 0 aliphatic heterocycles. The van der Waals surface area contributed by atoms with E-state index in [1.165, 1.54) is 12.8 Å². The maximum atomic E-state index is 12.5. The van der Waals surface area contributed by atoms with E-state index in [4.69, 9.17) is 14.2 Å². The summed E-state index contributed by atoms with van der Waals surface area (Å²) in [5, 5.41) is 0. The average Bonchev–Trinajstić information content (AvgIpc) is 3.20. The number of hydrogen-bond acceptors (Lipinski definition) is 5. The average molecular weight is 773 g/mol. The minimum absolute atomic E-state index is 0.0238. The third kappa shape index (κ3) is 43.0. The van der Waals surface area contributed by atoms with E-state index in [1.807, 2.05) is 6.08 Å². The molecule has 314 valence electrons. The van der Waals surface area contributed by atoms with Crippen LogP contribution in [-0.2, 0) is 23.8 Å². The Morgan fingerprint density at radius 3 is 1.32 bits per heavy atom. The van der Waals surface area contributed by atoms with Crippen LogP contribution >= 0.6 is 0 Å². The van der Waals surface area contributed by atoms with Crippen molar-refractivity contribution >= 4 is 11.9 Å². The van der Waals surface area contributed by atoms with Gasteiger partial charge in [0.15, 0.2) is 6.10 Å². The van der Waals surface area contributed by atoms with Crippen LogP contribution in [0.15, 0.2) is 122 Å². The van der Waals surface area contributed by atoms with Crippen LogP contribution in [0.3, 0.4) is 0 Å². The molecule has 56 heavy (non-hydrogen) atoms. The lowest BCUT2D eigenvalue weighted by atomic mass is 10.1. The van der Waals surface area contributed by atoms with Gasteiger partial charge in [0.25, 0.3) is 0 Å². The third-order valence-electron chi connectivity index (χ3n) is 8.51. The zero-order chi connectivity index (χ0) is 40.7. The van der Waals surface area contributed by atoms with Gasteiger partial charge in [-0.3, -0.25) is 9.59 Å². The van der Waals surface area contributed by atoms with Gasteiger partial charge in [-0.15, -0.1) is 0 Å². The minimum atomic E-state index is -0.586. The molecule has 0 aromatic carbocycles. The Kier molecular flexibility index (Phi) is 42.7. The zero-order valence-corrected chi connectivity index (χ0v) is 35.8. The van der Waals surface area contributed by atoms with Crippen molar-refractivity contribution in [2.75, 3.05) is 19.8 Å². The number of allylic oxidation sites excluding steroid dienone is 20. The van der Waals surface area contributed by atoms with E-state index in [-0.39, 0.29) is 25.2 Å². The topological polar surface area (TPSA) is 61.8 Å². The molecule has 0 saturated carbocycles. The summed E-state index contributed by atoms with van der Waals surface area (Å²) in [6, 6.07) is 0. The van der Waals surface area contributed by atoms with Crippen molar-refractivity contribution in [3.05, 3.63) is 122 Å². The fourth-order valence-electron chi connectivity index (χ4n) is 5.29. The molecule has 0 radical (unpaired) electrons. The molecule has 0 N–H and O–H groups in total. The van der Waals surface area contributed by atoms with Crippen molar-refractivity contribution < 1.29 is 23.8 Å². The van der Waals surface area contributed by atoms with E-state index in [9.17, 15) is 9.59 Å². The predicted molar refractivity (Wildman–Crippen MR) is 242 cm³/mol. The van der Waals surface area contributed by atoms with Crippen molar-refractivity contribution in [1.82, 2.24) is 0 Å². The second-order valence-corrected chi connectivity index (χ2v) is 13.8. The first-order chi connectivity index (χ1) is 27.6. The SMILES string of the molecule is CC/C=C\C/C=C\C/C=C\C/C=C\C/C=C\C/C=C\CCC(=O)OCC(COCCCCC/C=C\C/C=C\C/C=C\C/C=C\CC)OC(=O)CCCCCCC. The van der Waals surface area contributed by atoms with Crippen LogP contribution in [0.25, 0.3) is 0 Å². The van der Waals surface area contributed by atoms with Crippen LogP contribution in [0.5, 0.6) is 0 Å². The standard InChI is InChI=1S/C51H80O5/c1-4-7-10-13-15-17-19-21-23-25-26-27-28-30-32-34-36-39-41-44-50(52)55-48-49(56-51(53)45-42-38-12-9-6-3)47-54-46-43-40-37-35-33-31-29-24-22-20-18-16-14-11-8-5-2/h7-8,10-11,15-18,21-24,26-27,30-33,36,39,49H,4-6,9,12-14,19-20,25,28-29,34-35,37-38,40-48H2,1-3H3/b10-7-,11-8-,17-15-,18-16-,23-21-,24-22-,27-26-,32-30-,33-31-,39-36-. The largest absolute Gasteiger partial charge is 0.462 e. The molecule has 0 aromatic heterocycles. The van der Waals surface area contributed by atoms with Crippen LogP contribution in [0.1, 0.15) is 162 Å². The second kappa shape index (κ2) is 45.7. The quantitative estimate of drug-likeness (QED) is 0.0355. The molecular formula is C51H80O5. The van der Waals surface area contributed by atoms with E-state index >= 15 is 0 Å². The van der Waals surface area contributed by atoms with Gasteiger partial charge in [-0.1, -0.05) is 174 Å². The highest BCUT2D eigenvalue weighted by Gasteiger charge is 2.17. The summed E-state index contributed by atoms with van der Waals surface area (Å²) >= 11 is 0. The van der Waals surface area contributed by atoms with E-state index < -0.39 is 6.10 Å². The van der Waals surface area contributed by atoms with Crippen molar-refractivity contribution in [2.45, 2.75) is 168 Å². The number of carbonyl (C=O) groups excluding carboxylic acids is 2. The highest BCUT2D eigenvalue weighted by atomic mass is 16.6. The molecule has 0 spiro atoms. The maximum Gasteiger partial charge on any atom is 0.306 e. The highest BCUT2D eigenvalue weighted by Crippen LogP contribution is 2.09. The summed E-state index contributed by atoms with van der Waals surface area (Å²) < 4.78 is 17.1. The number of unbranched alkanes of at least 4 members (excludes halogenated alkanes) is 7. The predicted octanol–water partition coefficient (Wildman–Crippen LogP) is 14.7. The number of ether oxygens (including phenoxy) is 3. The van der Waals surface area contributed by atoms with Crippen molar-refractivity contribution in [2.24, 2.45) is 0 Å². The Morgan fingerprint density at radius 2 is 0.839 bits per heavy atom. The molecule has 0 aromatic rings. The number of hydrogen-bond donors (Lipinski definition) is 0. The van der Waals surface area contributed by atoms with E-state index in [2.05, 4.69) is 136 Å². The fraction of sp³-hybridized carbons (Fsp3) is 0.569. The number of esters is 2. The summed E-state index contributed by atoms with van der Waals surface area (Å²) in [5.41, 5.74) is 0. The molecule has 0 bridgehead atoms. The molecule has 0 rings (SSSR count). The summed E-state index contributed by atoms with van der Waals surface area (Å²) in [6.07, 6.45) is 63.8. The number of rotatable bonds is 38. The number of carbonyl (C=O) groups is 2. The molecule has 0 amide bonds. The first-order valence-corrected chi connectivity index (χ1v) is 22.1. The van der Waals surface area contributed by atoms with Crippen LogP contribution in [0, 0.1) is 0 Å². The van der Waals surface area contributed by atoms with Gasteiger partial charge in [0, 0.05) is 19.4 Å². The Bertz CT molecular complexity index is 1190. The molecule has 5 nitrogen and oxygen atoms in total. The van der Waals surface area contributed by atoms with Crippen LogP contribution in [-0.4, -0.2) is 37.9 Å². The lowest BCUT2D eigenvalue weighted by Gasteiger charge is -2.18. The Balaban J connectivity index is 4.29. The van der Waals surface area contributed by atoms with Gasteiger partial charge in [0.05, 0.1) is 6.61 Å². The Labute approximate surface area is 344 Å². The van der Waals surface area contributed by atoms with Crippen LogP contribution in [0.4, 0.5) is 0 Å². The molecule has 1 unspecified atom stereocenters. The van der Waals surface area contributed by atoms with Gasteiger partial charge < -0.3 is 14.2 Å². The van der Waals surface area contributed by atoms with Crippen LogP contribution in [0.2, 0.25) is 0 Å². The summed E-state index contributed by atoms with van der Waals surface area (Å²) in [4.78, 5) is 25.0. The lowest BCUT2D eigenvalue weighted by Crippen LogP contribution is -2.30. The summed E-state index contributed by atoms with van der Waals surface area (Å²) in [6.45, 7) is 7.33. The van der Waals surface area contributed by atoms with Gasteiger partial charge in [0.2, 0.25) is 0 Å². The fourth-order valence-corrected chi connectivity index (χ4v) is 5.29. The zero-order valence-electron chi connectivity index (χ0n) is 35.8. The van der Waals surface area contributed by atoms with Gasteiger partial charge in [-0.25, -0.2) is 0 Å². The molecule has 0 aliphatic rings. The first-order valence-electron chi connectivity index (χ1n) is 22.1. The molecule has 0 heterocycles. The monoisotopic (exact) mass is 773 g/mol. The van der Waals surface area contributed by atoms with Crippen molar-refractivity contribution in [1.29, 1.82) is 0 Å². The van der Waals surface area contributed by atoms with E-state index in [0.717, 1.165) is 109 Å². The normalized spacial score (nSPS) is 13.4. The molecule has 0 saturated heterocycles. The third-order valence-corrected chi connectivity index (χ3v) is 8.51. The van der Waals surface area contributed by atoms with E-state index in [1.54, 1.807) is 0 Å². The second-order valence-electron chi connectivity index (χ2n) is 13.8. The van der Waals surface area contributed by atoms with Gasteiger partial charge >= 0.3 is 11.9 Å². The smallest absolute Gasteiger partial charge is 0.306 e. The van der Waals surface area contributed by atoms with Gasteiger partial charge in [-0.2, -0.15) is 0 Å². The van der Waals surface area contributed by atoms with Gasteiger partial charge in [0.1, 0.15) is 6.61 Å². The van der Waals surface area contributed by atoms with Gasteiger partial charge in [-0.05, 0) is 96.3 Å². The lowest BCUT2D eigenvalue weighted by molar-refractivity contribution is -0.162. The van der Waals surface area contributed by atoms with E-state index in [0.29, 0.717) is 25.9 Å². The molecule has 1 atom stereocenters. The van der Waals surface area contributed by atoms with Crippen LogP contribution < -0.4 is 0 Å². The Morgan fingerprint density at radius 1 is 0.411 bits per heavy atom. The Hall–Kier alpha value is -3.70. The molecule has 0 aliphatic carbocycles. The maximum absolute atomic E-state index is 12.5. The summed E-state index contributed by atoms with van der Waals surface area (Å²) in [5.74, 6) is -0.539. The molecular weight excluding hydrogens is 693 g/mol. The molecule has 5 heteroatoms. The first kappa shape index (κ1) is 52.3. The molecule has 0 fully saturated rings. The van der Waals surface area contributed by atoms with Crippen molar-refractivity contribution in [3.63, 3.8) is 0 Å².